The van der Waals surface area contributed by atoms with Gasteiger partial charge in [0, 0.05) is 29.2 Å². The Morgan fingerprint density at radius 3 is 2.18 bits per heavy atom. The second-order valence-electron chi connectivity index (χ2n) is 10.9. The number of benzene rings is 4. The highest BCUT2D eigenvalue weighted by molar-refractivity contribution is 9.10. The summed E-state index contributed by atoms with van der Waals surface area (Å²) in [5.74, 6) is -0.959. The van der Waals surface area contributed by atoms with Crippen molar-refractivity contribution in [2.75, 3.05) is 18.4 Å². The number of aryl methyl sites for hydroxylation is 1. The maximum absolute atomic E-state index is 13.9. The molecule has 0 saturated carbocycles. The Morgan fingerprint density at radius 1 is 0.886 bits per heavy atom. The number of anilines is 1. The van der Waals surface area contributed by atoms with Crippen molar-refractivity contribution in [2.45, 2.75) is 42.3 Å². The van der Waals surface area contributed by atoms with Crippen molar-refractivity contribution in [1.29, 1.82) is 0 Å². The van der Waals surface area contributed by atoms with Gasteiger partial charge in [0.05, 0.1) is 17.5 Å². The summed E-state index contributed by atoms with van der Waals surface area (Å²) in [6, 6.07) is 33.7. The Balaban J connectivity index is 1.30. The zero-order chi connectivity index (χ0) is 30.9. The van der Waals surface area contributed by atoms with Crippen molar-refractivity contribution >= 4 is 46.2 Å². The molecule has 9 heteroatoms. The van der Waals surface area contributed by atoms with Gasteiger partial charge in [-0.15, -0.1) is 0 Å². The molecule has 0 radical (unpaired) electrons. The fraction of sp³-hybridized carbons (Fsp3) is 0.257. The minimum Gasteiger partial charge on any atom is -0.465 e. The number of thiol groups is 1. The highest BCUT2D eigenvalue weighted by Gasteiger charge is 2.33. The molecule has 228 valence electrons. The van der Waals surface area contributed by atoms with Crippen molar-refractivity contribution in [3.63, 3.8) is 0 Å². The number of halogens is 1. The average molecular weight is 675 g/mol. The molecule has 0 aromatic heterocycles. The van der Waals surface area contributed by atoms with E-state index in [-0.39, 0.29) is 17.5 Å². The Bertz CT molecular complexity index is 1500. The first-order valence-corrected chi connectivity index (χ1v) is 16.0. The lowest BCUT2D eigenvalue weighted by molar-refractivity contribution is -0.118. The number of amides is 2. The van der Waals surface area contributed by atoms with Crippen LogP contribution in [0.5, 0.6) is 0 Å². The number of rotatable bonds is 11. The van der Waals surface area contributed by atoms with Crippen LogP contribution in [0.15, 0.2) is 114 Å². The molecule has 7 nitrogen and oxygen atoms in total. The molecule has 1 heterocycles. The highest BCUT2D eigenvalue weighted by Crippen LogP contribution is 2.32. The largest absolute Gasteiger partial charge is 0.465 e. The Kier molecular flexibility index (Phi) is 11.1. The molecule has 2 amide bonds. The Labute approximate surface area is 272 Å². The monoisotopic (exact) mass is 673 g/mol. The van der Waals surface area contributed by atoms with Gasteiger partial charge < -0.3 is 25.8 Å². The number of carbonyl (C=O) groups excluding carboxylic acids is 1. The second kappa shape index (κ2) is 15.4. The number of hydrogen-bond acceptors (Lipinski definition) is 5. The number of ether oxygens (including phenoxy) is 1. The smallest absolute Gasteiger partial charge is 0.405 e. The van der Waals surface area contributed by atoms with Gasteiger partial charge in [0.25, 0.3) is 0 Å². The van der Waals surface area contributed by atoms with E-state index < -0.39 is 24.0 Å². The van der Waals surface area contributed by atoms with Crippen molar-refractivity contribution in [1.82, 2.24) is 10.6 Å². The topological polar surface area (TPSA) is 99.7 Å². The van der Waals surface area contributed by atoms with Gasteiger partial charge in [0.15, 0.2) is 0 Å². The van der Waals surface area contributed by atoms with Crippen LogP contribution in [0.4, 0.5) is 10.5 Å². The Morgan fingerprint density at radius 2 is 1.52 bits per heavy atom. The summed E-state index contributed by atoms with van der Waals surface area (Å²) in [6.45, 7) is 1.44. The summed E-state index contributed by atoms with van der Waals surface area (Å²) in [5.41, 5.74) is 4.37. The number of nitrogens with one attached hydrogen (secondary N) is 3. The van der Waals surface area contributed by atoms with E-state index in [9.17, 15) is 14.7 Å². The average Bonchev–Trinajstić information content (AvgIpc) is 3.04. The van der Waals surface area contributed by atoms with Gasteiger partial charge in [-0.1, -0.05) is 107 Å². The molecule has 4 aromatic rings. The lowest BCUT2D eigenvalue weighted by atomic mass is 9.84. The van der Waals surface area contributed by atoms with Crippen molar-refractivity contribution in [2.24, 2.45) is 0 Å². The standard InChI is InChI=1S/C35H36BrN3O4S/c36-27-16-9-15-26(20-27)33(44)30-22-37-21-28(43-30)19-18-23-10-7-8-17-29(23)38-34(40)32(39-35(41)42)31(24-11-3-1-4-12-24)25-13-5-2-6-14-25/h1-17,20,28,30-33,37,39,44H,18-19,21-22H2,(H,38,40)(H,41,42)/t28-,30+,32+,33?/m1/s1. The van der Waals surface area contributed by atoms with Gasteiger partial charge in [-0.3, -0.25) is 4.79 Å². The molecule has 0 aliphatic carbocycles. The van der Waals surface area contributed by atoms with Crippen LogP contribution >= 0.6 is 28.6 Å². The number of carboxylic acid groups (broad SMARTS) is 1. The second-order valence-corrected chi connectivity index (χ2v) is 12.3. The minimum absolute atomic E-state index is 0.0266. The van der Waals surface area contributed by atoms with Crippen LogP contribution in [0.2, 0.25) is 0 Å². The fourth-order valence-electron chi connectivity index (χ4n) is 5.71. The van der Waals surface area contributed by atoms with Crippen molar-refractivity contribution < 1.29 is 19.4 Å². The van der Waals surface area contributed by atoms with Gasteiger partial charge in [0.1, 0.15) is 6.04 Å². The molecule has 4 N–H and O–H groups in total. The molecule has 5 rings (SSSR count). The van der Waals surface area contributed by atoms with Gasteiger partial charge in [-0.05, 0) is 53.3 Å². The lowest BCUT2D eigenvalue weighted by Crippen LogP contribution is -2.47. The SMILES string of the molecule is O=C(O)N[C@H](C(=O)Nc1ccccc1CC[C@@H]1CNC[C@@H](C(S)c2cccc(Br)c2)O1)C(c1ccccc1)c1ccccc1. The van der Waals surface area contributed by atoms with Gasteiger partial charge in [0.2, 0.25) is 5.91 Å². The van der Waals surface area contributed by atoms with Crippen LogP contribution in [0.1, 0.15) is 39.8 Å². The molecule has 1 unspecified atom stereocenters. The zero-order valence-corrected chi connectivity index (χ0v) is 26.6. The number of morpholine rings is 1. The van der Waals surface area contributed by atoms with Crippen LogP contribution in [-0.2, 0) is 16.0 Å². The molecule has 4 atom stereocenters. The molecule has 0 bridgehead atoms. The van der Waals surface area contributed by atoms with E-state index >= 15 is 0 Å². The first kappa shape index (κ1) is 31.8. The molecule has 1 fully saturated rings. The molecular weight excluding hydrogens is 638 g/mol. The summed E-state index contributed by atoms with van der Waals surface area (Å²) in [4.78, 5) is 25.8. The third-order valence-corrected chi connectivity index (χ3v) is 8.97. The molecule has 44 heavy (non-hydrogen) atoms. The predicted octanol–water partition coefficient (Wildman–Crippen LogP) is 6.82. The highest BCUT2D eigenvalue weighted by atomic mass is 79.9. The third-order valence-electron chi connectivity index (χ3n) is 7.85. The number of hydrogen-bond donors (Lipinski definition) is 5. The molecule has 1 aliphatic rings. The molecular formula is C35H36BrN3O4S. The van der Waals surface area contributed by atoms with E-state index in [1.54, 1.807) is 0 Å². The third kappa shape index (κ3) is 8.30. The zero-order valence-electron chi connectivity index (χ0n) is 24.1. The van der Waals surface area contributed by atoms with Gasteiger partial charge in [-0.25, -0.2) is 4.79 Å². The fourth-order valence-corrected chi connectivity index (χ4v) is 6.46. The minimum atomic E-state index is -1.27. The van der Waals surface area contributed by atoms with Gasteiger partial charge >= 0.3 is 6.09 Å². The number of para-hydroxylation sites is 1. The van der Waals surface area contributed by atoms with E-state index in [1.807, 2.05) is 97.1 Å². The lowest BCUT2D eigenvalue weighted by Gasteiger charge is -2.34. The Hall–Kier alpha value is -3.63. The molecule has 1 aliphatic heterocycles. The summed E-state index contributed by atoms with van der Waals surface area (Å²) in [5, 5.41) is 18.7. The molecule has 0 spiro atoms. The maximum atomic E-state index is 13.9. The quantitative estimate of drug-likeness (QED) is 0.113. The summed E-state index contributed by atoms with van der Waals surface area (Å²) in [6.07, 6.45) is 0.0279. The summed E-state index contributed by atoms with van der Waals surface area (Å²) < 4.78 is 7.49. The normalized spacial score (nSPS) is 17.9. The van der Waals surface area contributed by atoms with Crippen LogP contribution in [-0.4, -0.2) is 48.4 Å². The van der Waals surface area contributed by atoms with Gasteiger partial charge in [-0.2, -0.15) is 12.6 Å². The van der Waals surface area contributed by atoms with Crippen LogP contribution in [0.3, 0.4) is 0 Å². The van der Waals surface area contributed by atoms with E-state index in [0.717, 1.165) is 39.7 Å². The summed E-state index contributed by atoms with van der Waals surface area (Å²) in [7, 11) is 0. The van der Waals surface area contributed by atoms with Crippen molar-refractivity contribution in [3.05, 3.63) is 136 Å². The van der Waals surface area contributed by atoms with Crippen molar-refractivity contribution in [3.8, 4) is 0 Å². The van der Waals surface area contributed by atoms with Crippen LogP contribution in [0.25, 0.3) is 0 Å². The summed E-state index contributed by atoms with van der Waals surface area (Å²) >= 11 is 8.41. The predicted molar refractivity (Wildman–Crippen MR) is 180 cm³/mol. The van der Waals surface area contributed by atoms with Crippen LogP contribution in [0, 0.1) is 0 Å². The van der Waals surface area contributed by atoms with E-state index in [2.05, 4.69) is 44.0 Å². The molecule has 1 saturated heterocycles. The van der Waals surface area contributed by atoms with Crippen LogP contribution < -0.4 is 16.0 Å². The first-order chi connectivity index (χ1) is 21.4. The maximum Gasteiger partial charge on any atom is 0.405 e. The first-order valence-electron chi connectivity index (χ1n) is 14.7. The van der Waals surface area contributed by atoms with E-state index in [1.165, 1.54) is 0 Å². The van der Waals surface area contributed by atoms with E-state index in [4.69, 9.17) is 17.4 Å². The number of carbonyl (C=O) groups is 2. The van der Waals surface area contributed by atoms with E-state index in [0.29, 0.717) is 18.7 Å². The molecule has 4 aromatic carbocycles.